The van der Waals surface area contributed by atoms with E-state index in [0.717, 1.165) is 66.2 Å². The summed E-state index contributed by atoms with van der Waals surface area (Å²) in [4.78, 5) is 25.1. The molecule has 3 heterocycles. The quantitative estimate of drug-likeness (QED) is 0.0507. The van der Waals surface area contributed by atoms with Crippen LogP contribution in [0.25, 0.3) is 0 Å². The number of hydrogen-bond acceptors (Lipinski definition) is 10. The van der Waals surface area contributed by atoms with E-state index in [-0.39, 0.29) is 11.8 Å². The van der Waals surface area contributed by atoms with Gasteiger partial charge < -0.3 is 49.9 Å². The minimum absolute atomic E-state index is 0.00815. The van der Waals surface area contributed by atoms with Gasteiger partial charge in [0.1, 0.15) is 6.26 Å². The lowest BCUT2D eigenvalue weighted by molar-refractivity contribution is -0.138. The van der Waals surface area contributed by atoms with Crippen LogP contribution in [0.4, 0.5) is 0 Å². The van der Waals surface area contributed by atoms with Crippen molar-refractivity contribution < 1.29 is 49.3 Å². The molecule has 0 unspecified atom stereocenters. The van der Waals surface area contributed by atoms with Gasteiger partial charge in [0.15, 0.2) is 0 Å². The molecule has 18 heteroatoms. The van der Waals surface area contributed by atoms with Crippen molar-refractivity contribution in [1.82, 2.24) is 10.2 Å². The molecule has 2 fully saturated rings. The number of carboxylic acids is 1. The Bertz CT molecular complexity index is 2210. The minimum Gasteiger partial charge on any atom is -0.481 e. The number of aryl methyl sites for hydroxylation is 1. The number of benzene rings is 4. The predicted molar refractivity (Wildman–Crippen MR) is 306 cm³/mol. The third kappa shape index (κ3) is 24.5. The van der Waals surface area contributed by atoms with E-state index in [2.05, 4.69) is 107 Å². The fourth-order valence-corrected chi connectivity index (χ4v) is 8.80. The number of hydrogen-bond donors (Lipinski definition) is 8. The third-order valence-corrected chi connectivity index (χ3v) is 13.7. The molecule has 69 heavy (non-hydrogen) atoms. The molecule has 2 aliphatic rings. The Kier molecular flexibility index (Phi) is 30.5. The number of carbonyl (C=O) groups excluding carboxylic acids is 1. The summed E-state index contributed by atoms with van der Waals surface area (Å²) in [7, 11) is -4.13. The van der Waals surface area contributed by atoms with Crippen molar-refractivity contribution in [2.24, 2.45) is 11.8 Å². The number of rotatable bonds is 11. The summed E-state index contributed by atoms with van der Waals surface area (Å²) in [6.45, 7) is 18.8. The van der Waals surface area contributed by atoms with Crippen molar-refractivity contribution in [3.8, 4) is 0 Å². The lowest BCUT2D eigenvalue weighted by Gasteiger charge is -2.20. The van der Waals surface area contributed by atoms with Crippen LogP contribution in [0.15, 0.2) is 108 Å². The summed E-state index contributed by atoms with van der Waals surface area (Å²) in [6, 6.07) is 29.2. The Labute approximate surface area is 452 Å². The van der Waals surface area contributed by atoms with Crippen LogP contribution in [0.3, 0.4) is 0 Å². The van der Waals surface area contributed by atoms with Gasteiger partial charge in [0, 0.05) is 25.7 Å². The van der Waals surface area contributed by atoms with Crippen LogP contribution in [0.5, 0.6) is 0 Å². The number of amides is 1. The number of nitrogens with one attached hydrogen (secondary N) is 1. The highest BCUT2D eigenvalue weighted by Gasteiger charge is 2.24. The average Bonchev–Trinajstić information content (AvgIpc) is 4.14. The van der Waals surface area contributed by atoms with Crippen LogP contribution in [0, 0.1) is 29.5 Å². The molecule has 5 aromatic rings. The lowest BCUT2D eigenvalue weighted by atomic mass is 9.80. The number of likely N-dealkylation sites (tertiary alicyclic amines) is 1. The Morgan fingerprint density at radius 1 is 0.594 bits per heavy atom. The standard InChI is InChI=1S/C17H25NO.C13H18O2.C7H8BIO2.C6H6BIO2.C4H4BIO3.C4H9N/c1-13(2)12-15-6-8-16(9-7-15)14(3)17(19)18-10-4-5-11-18;1-9(2)8-11-4-6-12(7-5-11)10(3)13(14)15;1-5-2-3-7(9)6(4-5)8(10)11;8-6-4-2-1-3-5(6)7(9)10;6-4-2-9-1-3(4)5(7)8;1-2-4-5-3-1/h6-9,13-14H,4-5,10-12H2,1-3H3;4-7,9-10H,8H2,1-3H3,(H,14,15);2-4,10-11H,1H3;1-4,9-10H;1-2,7-8H;5H,1-4H2/t14-;10-;;;;/m00..../s1. The molecule has 0 bridgehead atoms. The number of carbonyl (C=O) groups is 2. The van der Waals surface area contributed by atoms with Crippen molar-refractivity contribution in [2.75, 3.05) is 26.2 Å². The molecule has 0 spiro atoms. The molecule has 8 N–H and O–H groups in total. The molecule has 2 aliphatic heterocycles. The largest absolute Gasteiger partial charge is 0.492 e. The number of furan rings is 1. The smallest absolute Gasteiger partial charge is 0.481 e. The van der Waals surface area contributed by atoms with Crippen LogP contribution in [-0.4, -0.2) is 99.6 Å². The Hall–Kier alpha value is -2.80. The maximum Gasteiger partial charge on any atom is 0.492 e. The zero-order valence-corrected chi connectivity index (χ0v) is 47.3. The molecule has 374 valence electrons. The first-order chi connectivity index (χ1) is 32.6. The molecule has 0 aliphatic carbocycles. The second kappa shape index (κ2) is 33.8. The third-order valence-electron chi connectivity index (χ3n) is 10.9. The van der Waals surface area contributed by atoms with Crippen molar-refractivity contribution >= 4 is 117 Å². The van der Waals surface area contributed by atoms with Crippen molar-refractivity contribution in [1.29, 1.82) is 0 Å². The Balaban J connectivity index is 0.000000295. The second-order valence-corrected chi connectivity index (χ2v) is 21.3. The van der Waals surface area contributed by atoms with E-state index in [1.54, 1.807) is 25.1 Å². The summed E-state index contributed by atoms with van der Waals surface area (Å²) >= 11 is 6.08. The first-order valence-electron chi connectivity index (χ1n) is 23.3. The summed E-state index contributed by atoms with van der Waals surface area (Å²) in [5.41, 5.74) is 7.23. The second-order valence-electron chi connectivity index (χ2n) is 17.8. The van der Waals surface area contributed by atoms with E-state index in [1.165, 1.54) is 49.6 Å². The van der Waals surface area contributed by atoms with Crippen LogP contribution in [0.1, 0.15) is 107 Å². The number of nitrogens with zero attached hydrogens (tertiary/aromatic N) is 1. The fourth-order valence-electron chi connectivity index (χ4n) is 6.97. The summed E-state index contributed by atoms with van der Waals surface area (Å²) < 4.78 is 7.15. The van der Waals surface area contributed by atoms with Crippen molar-refractivity contribution in [2.45, 2.75) is 98.8 Å². The predicted octanol–water partition coefficient (Wildman–Crippen LogP) is 6.87. The van der Waals surface area contributed by atoms with Crippen LogP contribution in [-0.2, 0) is 22.4 Å². The van der Waals surface area contributed by atoms with Crippen LogP contribution >= 0.6 is 67.8 Å². The molecule has 4 aromatic carbocycles. The zero-order valence-electron chi connectivity index (χ0n) is 40.9. The molecule has 2 atom stereocenters. The van der Waals surface area contributed by atoms with Crippen LogP contribution in [0.2, 0.25) is 0 Å². The van der Waals surface area contributed by atoms with Gasteiger partial charge in [-0.05, 0) is 197 Å². The van der Waals surface area contributed by atoms with Crippen molar-refractivity contribution in [3.05, 3.63) is 142 Å². The molecule has 1 amide bonds. The molecule has 0 radical (unpaired) electrons. The van der Waals surface area contributed by atoms with Crippen molar-refractivity contribution in [3.63, 3.8) is 0 Å². The summed E-state index contributed by atoms with van der Waals surface area (Å²) in [6.07, 6.45) is 10.0. The van der Waals surface area contributed by atoms with E-state index >= 15 is 0 Å². The highest BCUT2D eigenvalue weighted by atomic mass is 127. The minimum atomic E-state index is -1.42. The van der Waals surface area contributed by atoms with E-state index in [0.29, 0.717) is 28.2 Å². The fraction of sp³-hybridized carbons (Fsp3) is 0.412. The van der Waals surface area contributed by atoms with Gasteiger partial charge in [0.05, 0.1) is 21.7 Å². The molecular weight excluding hydrogens is 1210 g/mol. The summed E-state index contributed by atoms with van der Waals surface area (Å²) in [5, 5.41) is 64.5. The number of carboxylic acid groups (broad SMARTS) is 1. The molecule has 12 nitrogen and oxygen atoms in total. The molecule has 0 saturated carbocycles. The van der Waals surface area contributed by atoms with E-state index in [1.807, 2.05) is 89.9 Å². The van der Waals surface area contributed by atoms with Gasteiger partial charge in [-0.3, -0.25) is 9.59 Å². The molecule has 2 saturated heterocycles. The molecule has 7 rings (SSSR count). The average molecular weight is 1280 g/mol. The van der Waals surface area contributed by atoms with E-state index in [4.69, 9.17) is 35.3 Å². The molecular formula is C51H70B3I3N2O10. The normalized spacial score (nSPS) is 13.4. The van der Waals surface area contributed by atoms with Gasteiger partial charge in [-0.2, -0.15) is 0 Å². The van der Waals surface area contributed by atoms with E-state index in [9.17, 15) is 9.59 Å². The van der Waals surface area contributed by atoms with E-state index < -0.39 is 33.2 Å². The number of halogens is 3. The topological polar surface area (TPSA) is 204 Å². The van der Waals surface area contributed by atoms with Gasteiger partial charge in [0.25, 0.3) is 0 Å². The zero-order chi connectivity index (χ0) is 51.6. The van der Waals surface area contributed by atoms with Crippen LogP contribution < -0.4 is 21.7 Å². The first-order valence-corrected chi connectivity index (χ1v) is 26.6. The molecule has 1 aromatic heterocycles. The van der Waals surface area contributed by atoms with Gasteiger partial charge in [0.2, 0.25) is 5.91 Å². The van der Waals surface area contributed by atoms with Gasteiger partial charge >= 0.3 is 27.3 Å². The first kappa shape index (κ1) is 62.3. The van der Waals surface area contributed by atoms with Gasteiger partial charge in [-0.1, -0.05) is 112 Å². The number of aliphatic carboxylic acids is 1. The summed E-state index contributed by atoms with van der Waals surface area (Å²) in [5.74, 6) is 0.396. The SMILES string of the molecule is C1CCNC1.CC(C)Cc1ccc([C@H](C)C(=O)N2CCCC2)cc1.CC(C)Cc1ccc([C@H](C)C(=O)O)cc1.Cc1ccc(I)c(B(O)O)c1.OB(O)c1ccccc1I.OB(O)c1cocc1I. The van der Waals surface area contributed by atoms with Gasteiger partial charge in [-0.25, -0.2) is 0 Å². The Morgan fingerprint density at radius 3 is 1.41 bits per heavy atom. The maximum atomic E-state index is 12.3. The highest BCUT2D eigenvalue weighted by molar-refractivity contribution is 14.1. The lowest BCUT2D eigenvalue weighted by Crippen LogP contribution is -2.32. The Morgan fingerprint density at radius 2 is 1.06 bits per heavy atom. The van der Waals surface area contributed by atoms with Gasteiger partial charge in [-0.15, -0.1) is 0 Å². The maximum absolute atomic E-state index is 12.3. The highest BCUT2D eigenvalue weighted by Crippen LogP contribution is 2.22. The monoisotopic (exact) mass is 1280 g/mol.